The number of amides is 1. The van der Waals surface area contributed by atoms with Gasteiger partial charge >= 0.3 is 6.18 Å². The number of rotatable bonds is 6. The van der Waals surface area contributed by atoms with Gasteiger partial charge in [-0.25, -0.2) is 4.98 Å². The molecule has 1 aromatic heterocycles. The van der Waals surface area contributed by atoms with Crippen molar-refractivity contribution >= 4 is 17.7 Å². The van der Waals surface area contributed by atoms with Gasteiger partial charge in [0, 0.05) is 19.3 Å². The van der Waals surface area contributed by atoms with E-state index in [9.17, 15) is 18.0 Å². The zero-order valence-corrected chi connectivity index (χ0v) is 13.0. The summed E-state index contributed by atoms with van der Waals surface area (Å²) in [5.41, 5.74) is -0.818. The standard InChI is InChI=1S/C14H16F3N3OS/c1-3-20(8-10(2)6-18)13(21)9-22-12-5-4-11(7-19-12)14(15,16)17/h4-5,7,10H,3,8-9H2,1-2H3/t10-/m1/s1. The lowest BCUT2D eigenvalue weighted by atomic mass is 10.2. The van der Waals surface area contributed by atoms with Gasteiger partial charge in [0.15, 0.2) is 0 Å². The second-order valence-electron chi connectivity index (χ2n) is 4.63. The lowest BCUT2D eigenvalue weighted by Crippen LogP contribution is -2.35. The fourth-order valence-corrected chi connectivity index (χ4v) is 2.38. The Kier molecular flexibility index (Phi) is 6.68. The van der Waals surface area contributed by atoms with E-state index in [4.69, 9.17) is 5.26 Å². The van der Waals surface area contributed by atoms with E-state index < -0.39 is 11.7 Å². The Morgan fingerprint density at radius 2 is 2.18 bits per heavy atom. The van der Waals surface area contributed by atoms with Crippen LogP contribution >= 0.6 is 11.8 Å². The van der Waals surface area contributed by atoms with E-state index in [0.29, 0.717) is 18.1 Å². The van der Waals surface area contributed by atoms with Gasteiger partial charge in [0.25, 0.3) is 0 Å². The van der Waals surface area contributed by atoms with Gasteiger partial charge in [-0.1, -0.05) is 11.8 Å². The Bertz CT molecular complexity index is 540. The maximum Gasteiger partial charge on any atom is 0.417 e. The number of hydrogen-bond acceptors (Lipinski definition) is 4. The van der Waals surface area contributed by atoms with Crippen molar-refractivity contribution in [3.05, 3.63) is 23.9 Å². The van der Waals surface area contributed by atoms with Crippen LogP contribution in [0.25, 0.3) is 0 Å². The molecule has 0 aromatic carbocycles. The van der Waals surface area contributed by atoms with Crippen LogP contribution in [0.5, 0.6) is 0 Å². The minimum absolute atomic E-state index is 0.0738. The van der Waals surface area contributed by atoms with Crippen molar-refractivity contribution in [2.45, 2.75) is 25.0 Å². The number of pyridine rings is 1. The Balaban J connectivity index is 2.58. The third-order valence-corrected chi connectivity index (χ3v) is 3.78. The highest BCUT2D eigenvalue weighted by atomic mass is 32.2. The molecule has 0 aliphatic heterocycles. The first-order valence-electron chi connectivity index (χ1n) is 6.61. The minimum atomic E-state index is -4.42. The Hall–Kier alpha value is -1.75. The van der Waals surface area contributed by atoms with Crippen LogP contribution in [0.15, 0.2) is 23.4 Å². The summed E-state index contributed by atoms with van der Waals surface area (Å²) in [6.07, 6.45) is -3.67. The lowest BCUT2D eigenvalue weighted by Gasteiger charge is -2.21. The zero-order valence-electron chi connectivity index (χ0n) is 12.2. The smallest absolute Gasteiger partial charge is 0.341 e. The molecular weight excluding hydrogens is 315 g/mol. The normalized spacial score (nSPS) is 12.5. The summed E-state index contributed by atoms with van der Waals surface area (Å²) in [6, 6.07) is 4.24. The SMILES string of the molecule is CCN(C[C@H](C)C#N)C(=O)CSc1ccc(C(F)(F)F)cn1. The zero-order chi connectivity index (χ0) is 16.8. The highest BCUT2D eigenvalue weighted by molar-refractivity contribution is 7.99. The van der Waals surface area contributed by atoms with Gasteiger partial charge in [-0.15, -0.1) is 0 Å². The van der Waals surface area contributed by atoms with Gasteiger partial charge in [0.05, 0.1) is 28.3 Å². The molecule has 0 aliphatic carbocycles. The fourth-order valence-electron chi connectivity index (χ4n) is 1.64. The molecule has 22 heavy (non-hydrogen) atoms. The molecule has 0 N–H and O–H groups in total. The molecular formula is C14H16F3N3OS. The monoisotopic (exact) mass is 331 g/mol. The summed E-state index contributed by atoms with van der Waals surface area (Å²) >= 11 is 1.07. The summed E-state index contributed by atoms with van der Waals surface area (Å²) in [5.74, 6) is -0.362. The van der Waals surface area contributed by atoms with Gasteiger partial charge in [-0.2, -0.15) is 18.4 Å². The van der Waals surface area contributed by atoms with E-state index in [1.54, 1.807) is 11.8 Å². The van der Waals surface area contributed by atoms with Crippen LogP contribution in [-0.2, 0) is 11.0 Å². The maximum absolute atomic E-state index is 12.4. The number of nitriles is 1. The first-order valence-corrected chi connectivity index (χ1v) is 7.60. The van der Waals surface area contributed by atoms with Crippen molar-refractivity contribution in [3.8, 4) is 6.07 Å². The van der Waals surface area contributed by atoms with Crippen LogP contribution in [-0.4, -0.2) is 34.6 Å². The molecule has 0 unspecified atom stereocenters. The first kappa shape index (κ1) is 18.3. The van der Waals surface area contributed by atoms with E-state index in [2.05, 4.69) is 11.1 Å². The lowest BCUT2D eigenvalue weighted by molar-refractivity contribution is -0.138. The van der Waals surface area contributed by atoms with Crippen LogP contribution in [0.4, 0.5) is 13.2 Å². The maximum atomic E-state index is 12.4. The topological polar surface area (TPSA) is 57.0 Å². The van der Waals surface area contributed by atoms with Gasteiger partial charge in [-0.3, -0.25) is 4.79 Å². The minimum Gasteiger partial charge on any atom is -0.341 e. The first-order chi connectivity index (χ1) is 10.3. The summed E-state index contributed by atoms with van der Waals surface area (Å²) in [6.45, 7) is 4.35. The van der Waals surface area contributed by atoms with Crippen LogP contribution in [0.1, 0.15) is 19.4 Å². The fraction of sp³-hybridized carbons (Fsp3) is 0.500. The van der Waals surface area contributed by atoms with Gasteiger partial charge < -0.3 is 4.90 Å². The molecule has 0 saturated carbocycles. The van der Waals surface area contributed by atoms with Crippen LogP contribution in [0, 0.1) is 17.2 Å². The molecule has 1 atom stereocenters. The number of hydrogen-bond donors (Lipinski definition) is 0. The molecule has 1 heterocycles. The number of carbonyl (C=O) groups excluding carboxylic acids is 1. The highest BCUT2D eigenvalue weighted by Crippen LogP contribution is 2.29. The van der Waals surface area contributed by atoms with E-state index in [1.807, 2.05) is 6.92 Å². The molecule has 0 saturated heterocycles. The van der Waals surface area contributed by atoms with Crippen LogP contribution in [0.2, 0.25) is 0 Å². The summed E-state index contributed by atoms with van der Waals surface area (Å²) in [7, 11) is 0. The average molecular weight is 331 g/mol. The van der Waals surface area contributed by atoms with Crippen molar-refractivity contribution in [3.63, 3.8) is 0 Å². The van der Waals surface area contributed by atoms with Crippen LogP contribution in [0.3, 0.4) is 0 Å². The molecule has 120 valence electrons. The number of halogens is 3. The second kappa shape index (κ2) is 8.03. The molecule has 0 spiro atoms. The predicted octanol–water partition coefficient (Wildman–Crippen LogP) is 3.20. The number of thioether (sulfide) groups is 1. The second-order valence-corrected chi connectivity index (χ2v) is 5.63. The summed E-state index contributed by atoms with van der Waals surface area (Å²) in [4.78, 5) is 17.3. The molecule has 1 amide bonds. The Morgan fingerprint density at radius 1 is 1.50 bits per heavy atom. The molecule has 0 aliphatic rings. The third kappa shape index (κ3) is 5.56. The third-order valence-electron chi connectivity index (χ3n) is 2.86. The molecule has 1 aromatic rings. The number of carbonyl (C=O) groups is 1. The van der Waals surface area contributed by atoms with E-state index in [-0.39, 0.29) is 17.6 Å². The number of nitrogens with zero attached hydrogens (tertiary/aromatic N) is 3. The van der Waals surface area contributed by atoms with Crippen molar-refractivity contribution < 1.29 is 18.0 Å². The van der Waals surface area contributed by atoms with Crippen LogP contribution < -0.4 is 0 Å². The predicted molar refractivity (Wildman–Crippen MR) is 77.0 cm³/mol. The van der Waals surface area contributed by atoms with Crippen molar-refractivity contribution in [2.75, 3.05) is 18.8 Å². The Morgan fingerprint density at radius 3 is 2.64 bits per heavy atom. The average Bonchev–Trinajstić information content (AvgIpc) is 2.49. The molecule has 1 rings (SSSR count). The van der Waals surface area contributed by atoms with Crippen molar-refractivity contribution in [1.82, 2.24) is 9.88 Å². The van der Waals surface area contributed by atoms with Gasteiger partial charge in [-0.05, 0) is 26.0 Å². The van der Waals surface area contributed by atoms with E-state index in [1.165, 1.54) is 6.07 Å². The molecule has 0 bridgehead atoms. The molecule has 0 radical (unpaired) electrons. The number of aromatic nitrogens is 1. The molecule has 4 nitrogen and oxygen atoms in total. The largest absolute Gasteiger partial charge is 0.417 e. The quantitative estimate of drug-likeness (QED) is 0.751. The number of alkyl halides is 3. The summed E-state index contributed by atoms with van der Waals surface area (Å²) in [5, 5.41) is 9.12. The van der Waals surface area contributed by atoms with Crippen molar-refractivity contribution in [2.24, 2.45) is 5.92 Å². The van der Waals surface area contributed by atoms with Gasteiger partial charge in [0.2, 0.25) is 5.91 Å². The van der Waals surface area contributed by atoms with E-state index >= 15 is 0 Å². The summed E-state index contributed by atoms with van der Waals surface area (Å²) < 4.78 is 37.2. The Labute approximate surface area is 131 Å². The highest BCUT2D eigenvalue weighted by Gasteiger charge is 2.30. The molecule has 8 heteroatoms. The molecule has 0 fully saturated rings. The van der Waals surface area contributed by atoms with Crippen molar-refractivity contribution in [1.29, 1.82) is 5.26 Å². The van der Waals surface area contributed by atoms with E-state index in [0.717, 1.165) is 24.0 Å². The van der Waals surface area contributed by atoms with Gasteiger partial charge in [0.1, 0.15) is 0 Å².